The molecule has 1 unspecified atom stereocenters. The lowest BCUT2D eigenvalue weighted by Crippen LogP contribution is -2.48. The van der Waals surface area contributed by atoms with Crippen LogP contribution in [-0.2, 0) is 6.42 Å². The third kappa shape index (κ3) is 3.33. The smallest absolute Gasteiger partial charge is 0.272 e. The molecule has 4 rings (SSSR count). The first kappa shape index (κ1) is 15.3. The van der Waals surface area contributed by atoms with E-state index in [1.807, 2.05) is 24.3 Å². The Balaban J connectivity index is 1.44. The minimum atomic E-state index is -0.245. The highest BCUT2D eigenvalue weighted by Gasteiger charge is 2.35. The Morgan fingerprint density at radius 1 is 1.38 bits per heavy atom. The Labute approximate surface area is 140 Å². The van der Waals surface area contributed by atoms with Gasteiger partial charge in [0.25, 0.3) is 5.91 Å². The van der Waals surface area contributed by atoms with Crippen molar-refractivity contribution < 1.29 is 9.90 Å². The van der Waals surface area contributed by atoms with Crippen molar-refractivity contribution >= 4 is 5.91 Å². The van der Waals surface area contributed by atoms with Gasteiger partial charge in [-0.3, -0.25) is 14.9 Å². The van der Waals surface area contributed by atoms with Gasteiger partial charge < -0.3 is 10.4 Å². The maximum atomic E-state index is 12.6. The predicted molar refractivity (Wildman–Crippen MR) is 88.5 cm³/mol. The fourth-order valence-corrected chi connectivity index (χ4v) is 3.34. The first-order valence-corrected chi connectivity index (χ1v) is 8.63. The molecule has 6 heteroatoms. The van der Waals surface area contributed by atoms with Gasteiger partial charge in [-0.25, -0.2) is 0 Å². The molecule has 2 aliphatic rings. The van der Waals surface area contributed by atoms with Crippen LogP contribution in [-0.4, -0.2) is 38.3 Å². The van der Waals surface area contributed by atoms with Crippen LogP contribution in [0.3, 0.4) is 0 Å². The van der Waals surface area contributed by atoms with E-state index in [2.05, 4.69) is 20.5 Å². The van der Waals surface area contributed by atoms with E-state index >= 15 is 0 Å². The van der Waals surface area contributed by atoms with E-state index in [0.717, 1.165) is 24.2 Å². The Bertz CT molecular complexity index is 705. The van der Waals surface area contributed by atoms with E-state index in [0.29, 0.717) is 18.0 Å². The molecule has 0 saturated heterocycles. The molecule has 0 radical (unpaired) electrons. The van der Waals surface area contributed by atoms with Crippen LogP contribution in [0.15, 0.2) is 30.5 Å². The molecule has 1 atom stereocenters. The van der Waals surface area contributed by atoms with Gasteiger partial charge in [0, 0.05) is 36.0 Å². The largest absolute Gasteiger partial charge is 0.393 e. The lowest BCUT2D eigenvalue weighted by Gasteiger charge is -2.37. The third-order valence-electron chi connectivity index (χ3n) is 5.04. The van der Waals surface area contributed by atoms with Crippen molar-refractivity contribution in [2.75, 3.05) is 0 Å². The second-order valence-electron chi connectivity index (χ2n) is 6.97. The number of aliphatic hydroxyl groups is 1. The molecule has 2 saturated carbocycles. The molecule has 126 valence electrons. The number of carbonyl (C=O) groups excluding carboxylic acids is 1. The fourth-order valence-electron chi connectivity index (χ4n) is 3.34. The molecule has 3 N–H and O–H groups in total. The summed E-state index contributed by atoms with van der Waals surface area (Å²) >= 11 is 0. The summed E-state index contributed by atoms with van der Waals surface area (Å²) in [5.74, 6) is 0.679. The molecule has 2 aliphatic carbocycles. The summed E-state index contributed by atoms with van der Waals surface area (Å²) in [7, 11) is 0. The molecule has 24 heavy (non-hydrogen) atoms. The van der Waals surface area contributed by atoms with Gasteiger partial charge in [-0.2, -0.15) is 5.10 Å². The average Bonchev–Trinajstić information content (AvgIpc) is 3.29. The molecule has 2 aromatic heterocycles. The van der Waals surface area contributed by atoms with E-state index in [4.69, 9.17) is 0 Å². The van der Waals surface area contributed by atoms with E-state index in [9.17, 15) is 9.90 Å². The van der Waals surface area contributed by atoms with Crippen LogP contribution in [0.2, 0.25) is 0 Å². The minimum Gasteiger partial charge on any atom is -0.393 e. The quantitative estimate of drug-likeness (QED) is 0.755. The SMILES string of the molecule is O=C(NC(Cc1ccccn1)C1CC(O)C1)c1cc(C2CC2)[nH]n1. The van der Waals surface area contributed by atoms with Crippen molar-refractivity contribution in [3.05, 3.63) is 47.5 Å². The monoisotopic (exact) mass is 326 g/mol. The number of rotatable bonds is 6. The summed E-state index contributed by atoms with van der Waals surface area (Å²) in [6.07, 6.45) is 5.99. The van der Waals surface area contributed by atoms with Crippen molar-refractivity contribution in [1.29, 1.82) is 0 Å². The van der Waals surface area contributed by atoms with E-state index < -0.39 is 0 Å². The number of nitrogens with one attached hydrogen (secondary N) is 2. The third-order valence-corrected chi connectivity index (χ3v) is 5.04. The molecule has 0 aromatic carbocycles. The van der Waals surface area contributed by atoms with Crippen LogP contribution < -0.4 is 5.32 Å². The van der Waals surface area contributed by atoms with Crippen LogP contribution in [0, 0.1) is 5.92 Å². The van der Waals surface area contributed by atoms with E-state index in [1.54, 1.807) is 6.20 Å². The Morgan fingerprint density at radius 2 is 2.21 bits per heavy atom. The van der Waals surface area contributed by atoms with E-state index in [1.165, 1.54) is 12.8 Å². The molecular weight excluding hydrogens is 304 g/mol. The van der Waals surface area contributed by atoms with Gasteiger partial charge in [0.15, 0.2) is 0 Å². The fraction of sp³-hybridized carbons (Fsp3) is 0.500. The molecule has 2 fully saturated rings. The summed E-state index contributed by atoms with van der Waals surface area (Å²) in [6, 6.07) is 7.63. The first-order chi connectivity index (χ1) is 11.7. The standard InChI is InChI=1S/C18H22N4O2/c23-14-7-12(8-14)15(9-13-3-1-2-6-19-13)20-18(24)17-10-16(21-22-17)11-4-5-11/h1-3,6,10-12,14-15,23H,4-5,7-9H2,(H,20,24)(H,21,22). The summed E-state index contributed by atoms with van der Waals surface area (Å²) in [6.45, 7) is 0. The number of carbonyl (C=O) groups is 1. The predicted octanol–water partition coefficient (Wildman–Crippen LogP) is 1.79. The summed E-state index contributed by atoms with van der Waals surface area (Å²) < 4.78 is 0. The number of nitrogens with zero attached hydrogens (tertiary/aromatic N) is 2. The van der Waals surface area contributed by atoms with Crippen molar-refractivity contribution in [2.45, 2.75) is 50.2 Å². The van der Waals surface area contributed by atoms with Gasteiger partial charge in [0.2, 0.25) is 0 Å². The minimum absolute atomic E-state index is 0.0307. The van der Waals surface area contributed by atoms with Crippen molar-refractivity contribution in [1.82, 2.24) is 20.5 Å². The summed E-state index contributed by atoms with van der Waals surface area (Å²) in [4.78, 5) is 16.9. The zero-order valence-electron chi connectivity index (χ0n) is 13.5. The van der Waals surface area contributed by atoms with Gasteiger partial charge in [-0.1, -0.05) is 6.07 Å². The number of hydrogen-bond acceptors (Lipinski definition) is 4. The van der Waals surface area contributed by atoms with Crippen LogP contribution in [0.4, 0.5) is 0 Å². The van der Waals surface area contributed by atoms with Gasteiger partial charge in [0.05, 0.1) is 6.10 Å². The number of hydrogen-bond donors (Lipinski definition) is 3. The van der Waals surface area contributed by atoms with Crippen molar-refractivity contribution in [3.8, 4) is 0 Å². The zero-order valence-corrected chi connectivity index (χ0v) is 13.5. The van der Waals surface area contributed by atoms with Gasteiger partial charge in [-0.05, 0) is 49.8 Å². The van der Waals surface area contributed by atoms with Crippen LogP contribution >= 0.6 is 0 Å². The molecule has 6 nitrogen and oxygen atoms in total. The molecule has 0 aliphatic heterocycles. The van der Waals surface area contributed by atoms with Crippen LogP contribution in [0.5, 0.6) is 0 Å². The molecule has 2 heterocycles. The maximum absolute atomic E-state index is 12.6. The van der Waals surface area contributed by atoms with Crippen LogP contribution in [0.25, 0.3) is 0 Å². The second-order valence-corrected chi connectivity index (χ2v) is 6.97. The number of amides is 1. The van der Waals surface area contributed by atoms with Gasteiger partial charge in [-0.15, -0.1) is 0 Å². The molecule has 0 spiro atoms. The Morgan fingerprint density at radius 3 is 2.88 bits per heavy atom. The summed E-state index contributed by atoms with van der Waals surface area (Å²) in [5, 5.41) is 19.8. The zero-order chi connectivity index (χ0) is 16.5. The number of aromatic nitrogens is 3. The Kier molecular flexibility index (Phi) is 4.06. The highest BCUT2D eigenvalue weighted by Crippen LogP contribution is 2.39. The number of H-pyrrole nitrogens is 1. The number of aromatic amines is 1. The molecule has 2 aromatic rings. The number of aliphatic hydroxyl groups excluding tert-OH is 1. The van der Waals surface area contributed by atoms with Crippen LogP contribution in [0.1, 0.15) is 53.5 Å². The normalized spacial score (nSPS) is 24.2. The highest BCUT2D eigenvalue weighted by atomic mass is 16.3. The van der Waals surface area contributed by atoms with Gasteiger partial charge in [0.1, 0.15) is 5.69 Å². The molecular formula is C18H22N4O2. The van der Waals surface area contributed by atoms with Crippen molar-refractivity contribution in [3.63, 3.8) is 0 Å². The first-order valence-electron chi connectivity index (χ1n) is 8.63. The summed E-state index contributed by atoms with van der Waals surface area (Å²) in [5.41, 5.74) is 2.45. The highest BCUT2D eigenvalue weighted by molar-refractivity contribution is 5.92. The van der Waals surface area contributed by atoms with Gasteiger partial charge >= 0.3 is 0 Å². The lowest BCUT2D eigenvalue weighted by molar-refractivity contribution is 0.0237. The lowest BCUT2D eigenvalue weighted by atomic mass is 9.76. The number of pyridine rings is 1. The molecule has 0 bridgehead atoms. The van der Waals surface area contributed by atoms with Crippen molar-refractivity contribution in [2.24, 2.45) is 5.92 Å². The average molecular weight is 326 g/mol. The maximum Gasteiger partial charge on any atom is 0.272 e. The van der Waals surface area contributed by atoms with E-state index in [-0.39, 0.29) is 24.0 Å². The second kappa shape index (κ2) is 6.36. The topological polar surface area (TPSA) is 90.9 Å². The Hall–Kier alpha value is -2.21. The molecule has 1 amide bonds.